The molecule has 11 heavy (non-hydrogen) atoms. The molecule has 2 aromatic rings. The third-order valence-electron chi connectivity index (χ3n) is 1.41. The Balaban J connectivity index is 2.86. The molecule has 0 fully saturated rings. The molecule has 0 aliphatic heterocycles. The lowest BCUT2D eigenvalue weighted by atomic mass is 10.4. The second-order valence-electron chi connectivity index (χ2n) is 2.32. The van der Waals surface area contributed by atoms with Crippen LogP contribution in [0.25, 0.3) is 11.2 Å². The van der Waals surface area contributed by atoms with Gasteiger partial charge in [0.15, 0.2) is 5.52 Å². The molecule has 0 radical (unpaired) electrons. The largest absolute Gasteiger partial charge is 0.382 e. The molecule has 2 aromatic heterocycles. The minimum absolute atomic E-state index is 0.465. The van der Waals surface area contributed by atoms with Crippen molar-refractivity contribution < 1.29 is 0 Å². The standard InChI is InChI=1S/C6H7N5/c1-3-2-8-4-5(7)10-11-6(4)9-3/h2H,1H3,(H3,7,9,10,11). The monoisotopic (exact) mass is 149 g/mol. The van der Waals surface area contributed by atoms with Crippen molar-refractivity contribution >= 4 is 17.0 Å². The average Bonchev–Trinajstić information content (AvgIpc) is 2.32. The number of nitrogen functional groups attached to an aromatic ring is 1. The number of aryl methyl sites for hydroxylation is 1. The minimum Gasteiger partial charge on any atom is -0.382 e. The quantitative estimate of drug-likeness (QED) is 0.562. The van der Waals surface area contributed by atoms with Gasteiger partial charge < -0.3 is 5.73 Å². The van der Waals surface area contributed by atoms with Crippen LogP contribution in [0.3, 0.4) is 0 Å². The van der Waals surface area contributed by atoms with Crippen molar-refractivity contribution in [2.45, 2.75) is 6.92 Å². The molecule has 3 N–H and O–H groups in total. The number of aromatic amines is 1. The Morgan fingerprint density at radius 2 is 2.36 bits per heavy atom. The van der Waals surface area contributed by atoms with Gasteiger partial charge in [-0.3, -0.25) is 5.10 Å². The van der Waals surface area contributed by atoms with E-state index < -0.39 is 0 Å². The van der Waals surface area contributed by atoms with Crippen LogP contribution in [0.15, 0.2) is 6.20 Å². The highest BCUT2D eigenvalue weighted by atomic mass is 15.2. The lowest BCUT2D eigenvalue weighted by molar-refractivity contribution is 1.09. The third kappa shape index (κ3) is 0.813. The first-order chi connectivity index (χ1) is 5.27. The summed E-state index contributed by atoms with van der Waals surface area (Å²) in [6.45, 7) is 1.86. The molecular formula is C6H7N5. The van der Waals surface area contributed by atoms with Gasteiger partial charge in [-0.1, -0.05) is 0 Å². The van der Waals surface area contributed by atoms with Crippen LogP contribution in [0.1, 0.15) is 5.69 Å². The molecule has 2 rings (SSSR count). The maximum Gasteiger partial charge on any atom is 0.202 e. The molecule has 0 aliphatic rings. The molecule has 2 heterocycles. The zero-order valence-electron chi connectivity index (χ0n) is 6.00. The first kappa shape index (κ1) is 6.09. The van der Waals surface area contributed by atoms with Gasteiger partial charge >= 0.3 is 0 Å². The molecule has 0 aliphatic carbocycles. The van der Waals surface area contributed by atoms with Crippen molar-refractivity contribution in [3.05, 3.63) is 11.9 Å². The summed E-state index contributed by atoms with van der Waals surface area (Å²) in [4.78, 5) is 8.17. The number of rotatable bonds is 0. The van der Waals surface area contributed by atoms with Crippen molar-refractivity contribution in [1.29, 1.82) is 0 Å². The molecule has 0 aromatic carbocycles. The summed E-state index contributed by atoms with van der Waals surface area (Å²) in [7, 11) is 0. The van der Waals surface area contributed by atoms with Crippen LogP contribution < -0.4 is 5.73 Å². The Morgan fingerprint density at radius 3 is 3.18 bits per heavy atom. The summed E-state index contributed by atoms with van der Waals surface area (Å²) in [5.41, 5.74) is 7.55. The number of hydrogen-bond donors (Lipinski definition) is 2. The summed E-state index contributed by atoms with van der Waals surface area (Å²) in [5, 5.41) is 6.46. The normalized spacial score (nSPS) is 10.6. The van der Waals surface area contributed by atoms with Crippen LogP contribution in [0, 0.1) is 6.92 Å². The van der Waals surface area contributed by atoms with Crippen LogP contribution >= 0.6 is 0 Å². The van der Waals surface area contributed by atoms with Gasteiger partial charge in [-0.15, -0.1) is 0 Å². The van der Waals surface area contributed by atoms with Gasteiger partial charge in [0.25, 0.3) is 0 Å². The van der Waals surface area contributed by atoms with Crippen LogP contribution in [-0.4, -0.2) is 20.2 Å². The lowest BCUT2D eigenvalue weighted by Gasteiger charge is -1.88. The van der Waals surface area contributed by atoms with Gasteiger partial charge in [0.2, 0.25) is 5.65 Å². The maximum atomic E-state index is 5.51. The van der Waals surface area contributed by atoms with E-state index in [1.54, 1.807) is 6.20 Å². The van der Waals surface area contributed by atoms with Crippen molar-refractivity contribution in [1.82, 2.24) is 20.2 Å². The minimum atomic E-state index is 0.465. The first-order valence-corrected chi connectivity index (χ1v) is 3.20. The molecule has 0 saturated carbocycles. The summed E-state index contributed by atoms with van der Waals surface area (Å²) in [6, 6.07) is 0. The van der Waals surface area contributed by atoms with Crippen LogP contribution in [0.5, 0.6) is 0 Å². The number of nitrogens with one attached hydrogen (secondary N) is 1. The van der Waals surface area contributed by atoms with E-state index in [9.17, 15) is 0 Å². The van der Waals surface area contributed by atoms with Gasteiger partial charge in [-0.05, 0) is 6.92 Å². The smallest absolute Gasteiger partial charge is 0.202 e. The van der Waals surface area contributed by atoms with E-state index in [1.807, 2.05) is 6.92 Å². The highest BCUT2D eigenvalue weighted by molar-refractivity contribution is 5.80. The van der Waals surface area contributed by atoms with Gasteiger partial charge in [0.05, 0.1) is 5.69 Å². The molecule has 5 heteroatoms. The molecule has 0 amide bonds. The van der Waals surface area contributed by atoms with Gasteiger partial charge in [-0.25, -0.2) is 9.97 Å². The number of nitrogens with zero attached hydrogens (tertiary/aromatic N) is 3. The topological polar surface area (TPSA) is 80.5 Å². The SMILES string of the molecule is Cc1cnc2c(N)[nH]nc2n1. The number of aromatic nitrogens is 4. The van der Waals surface area contributed by atoms with E-state index in [-0.39, 0.29) is 0 Å². The Bertz CT molecular complexity index is 391. The Kier molecular flexibility index (Phi) is 1.06. The predicted octanol–water partition coefficient (Wildman–Crippen LogP) is 0.244. The molecule has 56 valence electrons. The van der Waals surface area contributed by atoms with E-state index in [2.05, 4.69) is 20.2 Å². The average molecular weight is 149 g/mol. The van der Waals surface area contributed by atoms with Crippen LogP contribution in [0.4, 0.5) is 5.82 Å². The number of anilines is 1. The zero-order valence-corrected chi connectivity index (χ0v) is 6.00. The predicted molar refractivity (Wildman–Crippen MR) is 40.8 cm³/mol. The van der Waals surface area contributed by atoms with Gasteiger partial charge in [0.1, 0.15) is 5.82 Å². The Labute approximate surface area is 62.7 Å². The second-order valence-corrected chi connectivity index (χ2v) is 2.32. The molecule has 0 unspecified atom stereocenters. The van der Waals surface area contributed by atoms with Crippen molar-refractivity contribution in [2.24, 2.45) is 0 Å². The summed E-state index contributed by atoms with van der Waals surface area (Å²) < 4.78 is 0. The van der Waals surface area contributed by atoms with E-state index in [0.29, 0.717) is 17.0 Å². The van der Waals surface area contributed by atoms with E-state index in [0.717, 1.165) is 5.69 Å². The fraction of sp³-hybridized carbons (Fsp3) is 0.167. The summed E-state index contributed by atoms with van der Waals surface area (Å²) in [5.74, 6) is 0.465. The molecule has 0 spiro atoms. The molecular weight excluding hydrogens is 142 g/mol. The number of fused-ring (bicyclic) bond motifs is 1. The highest BCUT2D eigenvalue weighted by Gasteiger charge is 2.02. The third-order valence-corrected chi connectivity index (χ3v) is 1.41. The highest BCUT2D eigenvalue weighted by Crippen LogP contribution is 2.11. The van der Waals surface area contributed by atoms with Gasteiger partial charge in [0, 0.05) is 6.20 Å². The Morgan fingerprint density at radius 1 is 1.55 bits per heavy atom. The fourth-order valence-electron chi connectivity index (χ4n) is 0.899. The molecule has 0 saturated heterocycles. The maximum absolute atomic E-state index is 5.51. The van der Waals surface area contributed by atoms with Gasteiger partial charge in [-0.2, -0.15) is 5.10 Å². The Hall–Kier alpha value is -1.65. The summed E-state index contributed by atoms with van der Waals surface area (Å²) >= 11 is 0. The molecule has 0 atom stereocenters. The van der Waals surface area contributed by atoms with E-state index >= 15 is 0 Å². The van der Waals surface area contributed by atoms with Crippen molar-refractivity contribution in [3.8, 4) is 0 Å². The number of hydrogen-bond acceptors (Lipinski definition) is 4. The molecule has 5 nitrogen and oxygen atoms in total. The fourth-order valence-corrected chi connectivity index (χ4v) is 0.899. The summed E-state index contributed by atoms with van der Waals surface area (Å²) in [6.07, 6.45) is 1.66. The first-order valence-electron chi connectivity index (χ1n) is 3.20. The van der Waals surface area contributed by atoms with E-state index in [1.165, 1.54) is 0 Å². The lowest BCUT2D eigenvalue weighted by Crippen LogP contribution is -1.87. The van der Waals surface area contributed by atoms with Crippen molar-refractivity contribution in [3.63, 3.8) is 0 Å². The second kappa shape index (κ2) is 1.91. The molecule has 0 bridgehead atoms. The van der Waals surface area contributed by atoms with Crippen LogP contribution in [0.2, 0.25) is 0 Å². The number of H-pyrrole nitrogens is 1. The van der Waals surface area contributed by atoms with Crippen LogP contribution in [-0.2, 0) is 0 Å². The zero-order chi connectivity index (χ0) is 7.84. The number of nitrogens with two attached hydrogens (primary N) is 1. The van der Waals surface area contributed by atoms with E-state index in [4.69, 9.17) is 5.73 Å². The van der Waals surface area contributed by atoms with Crippen molar-refractivity contribution in [2.75, 3.05) is 5.73 Å².